The first-order chi connectivity index (χ1) is 8.36. The van der Waals surface area contributed by atoms with Crippen LogP contribution in [0.4, 0.5) is 5.82 Å². The number of anilines is 1. The molecule has 0 amide bonds. The summed E-state index contributed by atoms with van der Waals surface area (Å²) in [5.41, 5.74) is 2.55. The van der Waals surface area contributed by atoms with E-state index in [0.717, 1.165) is 11.3 Å². The predicted molar refractivity (Wildman–Crippen MR) is 79.2 cm³/mol. The Balaban J connectivity index is 2.46. The van der Waals surface area contributed by atoms with Crippen molar-refractivity contribution in [2.45, 2.75) is 46.1 Å². The molecule has 2 aromatic rings. The number of hydrogen-bond acceptors (Lipinski definition) is 2. The van der Waals surface area contributed by atoms with Crippen molar-refractivity contribution in [1.29, 1.82) is 0 Å². The summed E-state index contributed by atoms with van der Waals surface area (Å²) in [5, 5.41) is 4.54. The van der Waals surface area contributed by atoms with Gasteiger partial charge in [-0.05, 0) is 43.0 Å². The van der Waals surface area contributed by atoms with Crippen LogP contribution in [-0.2, 0) is 5.41 Å². The molecular weight excluding hydrogens is 220 g/mol. The van der Waals surface area contributed by atoms with Crippen LogP contribution in [0.25, 0.3) is 10.9 Å². The fourth-order valence-corrected chi connectivity index (χ4v) is 1.96. The van der Waals surface area contributed by atoms with Crippen molar-refractivity contribution in [2.75, 3.05) is 5.32 Å². The lowest BCUT2D eigenvalue weighted by Gasteiger charge is -2.19. The minimum Gasteiger partial charge on any atom is -0.368 e. The van der Waals surface area contributed by atoms with Crippen LogP contribution in [0.3, 0.4) is 0 Å². The van der Waals surface area contributed by atoms with Crippen LogP contribution < -0.4 is 5.32 Å². The zero-order valence-corrected chi connectivity index (χ0v) is 11.9. The van der Waals surface area contributed by atoms with Gasteiger partial charge in [-0.15, -0.1) is 0 Å². The summed E-state index contributed by atoms with van der Waals surface area (Å²) in [6.45, 7) is 10.9. The van der Waals surface area contributed by atoms with Crippen molar-refractivity contribution in [1.82, 2.24) is 4.98 Å². The number of nitrogens with one attached hydrogen (secondary N) is 1. The summed E-state index contributed by atoms with van der Waals surface area (Å²) in [7, 11) is 0. The Morgan fingerprint density at radius 3 is 2.33 bits per heavy atom. The molecule has 1 aromatic heterocycles. The maximum Gasteiger partial charge on any atom is 0.126 e. The van der Waals surface area contributed by atoms with E-state index in [4.69, 9.17) is 0 Å². The zero-order valence-electron chi connectivity index (χ0n) is 11.9. The number of fused-ring (bicyclic) bond motifs is 1. The third-order valence-electron chi connectivity index (χ3n) is 2.99. The van der Waals surface area contributed by atoms with Gasteiger partial charge in [0.25, 0.3) is 0 Å². The van der Waals surface area contributed by atoms with Crippen LogP contribution in [0.2, 0.25) is 0 Å². The van der Waals surface area contributed by atoms with Crippen LogP contribution in [0, 0.1) is 0 Å². The Labute approximate surface area is 109 Å². The molecule has 1 aromatic carbocycles. The van der Waals surface area contributed by atoms with Crippen molar-refractivity contribution >= 4 is 16.7 Å². The van der Waals surface area contributed by atoms with E-state index in [1.54, 1.807) is 0 Å². The zero-order chi connectivity index (χ0) is 13.3. The van der Waals surface area contributed by atoms with E-state index in [1.165, 1.54) is 10.9 Å². The SMILES string of the molecule is CC(C)Nc1ccc2ccc(C(C)(C)C)cc2n1. The van der Waals surface area contributed by atoms with E-state index in [9.17, 15) is 0 Å². The highest BCUT2D eigenvalue weighted by molar-refractivity contribution is 5.81. The molecule has 0 aliphatic heterocycles. The van der Waals surface area contributed by atoms with E-state index in [2.05, 4.69) is 69.2 Å². The lowest BCUT2D eigenvalue weighted by atomic mass is 9.86. The van der Waals surface area contributed by atoms with Crippen molar-refractivity contribution in [3.05, 3.63) is 35.9 Å². The van der Waals surface area contributed by atoms with E-state index in [0.29, 0.717) is 6.04 Å². The Kier molecular flexibility index (Phi) is 3.29. The Morgan fingerprint density at radius 2 is 1.72 bits per heavy atom. The van der Waals surface area contributed by atoms with Crippen LogP contribution >= 0.6 is 0 Å². The lowest BCUT2D eigenvalue weighted by molar-refractivity contribution is 0.591. The number of nitrogens with zero attached hydrogens (tertiary/aromatic N) is 1. The molecule has 0 atom stereocenters. The van der Waals surface area contributed by atoms with Crippen molar-refractivity contribution < 1.29 is 0 Å². The van der Waals surface area contributed by atoms with Gasteiger partial charge in [-0.2, -0.15) is 0 Å². The van der Waals surface area contributed by atoms with Gasteiger partial charge in [0.1, 0.15) is 5.82 Å². The largest absolute Gasteiger partial charge is 0.368 e. The molecule has 0 radical (unpaired) electrons. The maximum absolute atomic E-state index is 4.68. The molecule has 0 saturated heterocycles. The van der Waals surface area contributed by atoms with Gasteiger partial charge in [-0.3, -0.25) is 0 Å². The maximum atomic E-state index is 4.68. The van der Waals surface area contributed by atoms with Crippen LogP contribution in [-0.4, -0.2) is 11.0 Å². The van der Waals surface area contributed by atoms with Gasteiger partial charge in [0.05, 0.1) is 5.52 Å². The van der Waals surface area contributed by atoms with Gasteiger partial charge < -0.3 is 5.32 Å². The topological polar surface area (TPSA) is 24.9 Å². The number of aromatic nitrogens is 1. The summed E-state index contributed by atoms with van der Waals surface area (Å²) in [4.78, 5) is 4.68. The van der Waals surface area contributed by atoms with E-state index in [-0.39, 0.29) is 5.41 Å². The lowest BCUT2D eigenvalue weighted by Crippen LogP contribution is -2.12. The normalized spacial score (nSPS) is 12.1. The molecule has 0 saturated carbocycles. The van der Waals surface area contributed by atoms with E-state index < -0.39 is 0 Å². The average molecular weight is 242 g/mol. The quantitative estimate of drug-likeness (QED) is 0.846. The van der Waals surface area contributed by atoms with Gasteiger partial charge in [0.15, 0.2) is 0 Å². The molecule has 96 valence electrons. The first-order valence-corrected chi connectivity index (χ1v) is 6.54. The Bertz CT molecular complexity index is 551. The fraction of sp³-hybridized carbons (Fsp3) is 0.438. The molecule has 1 heterocycles. The summed E-state index contributed by atoms with van der Waals surface area (Å²) in [6, 6.07) is 11.1. The van der Waals surface area contributed by atoms with Gasteiger partial charge in [0, 0.05) is 11.4 Å². The second-order valence-electron chi connectivity index (χ2n) is 6.15. The van der Waals surface area contributed by atoms with Gasteiger partial charge in [-0.1, -0.05) is 32.9 Å². The average Bonchev–Trinajstić information content (AvgIpc) is 2.26. The van der Waals surface area contributed by atoms with Crippen LogP contribution in [0.1, 0.15) is 40.2 Å². The minimum atomic E-state index is 0.164. The third-order valence-corrected chi connectivity index (χ3v) is 2.99. The molecular formula is C16H22N2. The minimum absolute atomic E-state index is 0.164. The number of pyridine rings is 1. The number of rotatable bonds is 2. The van der Waals surface area contributed by atoms with Crippen LogP contribution in [0.15, 0.2) is 30.3 Å². The van der Waals surface area contributed by atoms with E-state index >= 15 is 0 Å². The fourth-order valence-electron chi connectivity index (χ4n) is 1.96. The van der Waals surface area contributed by atoms with Crippen molar-refractivity contribution in [3.63, 3.8) is 0 Å². The number of benzene rings is 1. The van der Waals surface area contributed by atoms with Gasteiger partial charge in [-0.25, -0.2) is 4.98 Å². The molecule has 2 nitrogen and oxygen atoms in total. The number of hydrogen-bond donors (Lipinski definition) is 1. The summed E-state index contributed by atoms with van der Waals surface area (Å²) in [6.07, 6.45) is 0. The van der Waals surface area contributed by atoms with Gasteiger partial charge in [0.2, 0.25) is 0 Å². The standard InChI is InChI=1S/C16H22N2/c1-11(2)17-15-9-7-12-6-8-13(16(3,4)5)10-14(12)18-15/h6-11H,1-5H3,(H,17,18). The molecule has 0 bridgehead atoms. The molecule has 1 N–H and O–H groups in total. The highest BCUT2D eigenvalue weighted by atomic mass is 15.0. The predicted octanol–water partition coefficient (Wildman–Crippen LogP) is 4.35. The highest BCUT2D eigenvalue weighted by Crippen LogP contribution is 2.26. The molecule has 18 heavy (non-hydrogen) atoms. The summed E-state index contributed by atoms with van der Waals surface area (Å²) >= 11 is 0. The Hall–Kier alpha value is -1.57. The first kappa shape index (κ1) is 12.9. The molecule has 0 aliphatic rings. The smallest absolute Gasteiger partial charge is 0.126 e. The molecule has 2 heteroatoms. The molecule has 2 rings (SSSR count). The van der Waals surface area contributed by atoms with Gasteiger partial charge >= 0.3 is 0 Å². The summed E-state index contributed by atoms with van der Waals surface area (Å²) < 4.78 is 0. The van der Waals surface area contributed by atoms with Crippen molar-refractivity contribution in [3.8, 4) is 0 Å². The monoisotopic (exact) mass is 242 g/mol. The second-order valence-corrected chi connectivity index (χ2v) is 6.15. The Morgan fingerprint density at radius 1 is 1.06 bits per heavy atom. The first-order valence-electron chi connectivity index (χ1n) is 6.54. The molecule has 0 unspecified atom stereocenters. The highest BCUT2D eigenvalue weighted by Gasteiger charge is 2.14. The molecule has 0 spiro atoms. The molecule has 0 fully saturated rings. The van der Waals surface area contributed by atoms with E-state index in [1.807, 2.05) is 6.07 Å². The molecule has 0 aliphatic carbocycles. The van der Waals surface area contributed by atoms with Crippen LogP contribution in [0.5, 0.6) is 0 Å². The third kappa shape index (κ3) is 2.81. The second kappa shape index (κ2) is 4.60. The summed E-state index contributed by atoms with van der Waals surface area (Å²) in [5.74, 6) is 0.948. The van der Waals surface area contributed by atoms with Crippen molar-refractivity contribution in [2.24, 2.45) is 0 Å².